The van der Waals surface area contributed by atoms with Gasteiger partial charge in [0.05, 0.1) is 0 Å². The minimum atomic E-state index is 0.626. The number of hydrogen-bond donors (Lipinski definition) is 1. The van der Waals surface area contributed by atoms with Crippen molar-refractivity contribution < 1.29 is 0 Å². The van der Waals surface area contributed by atoms with E-state index in [9.17, 15) is 0 Å². The van der Waals surface area contributed by atoms with E-state index in [1.807, 2.05) is 11.3 Å². The van der Waals surface area contributed by atoms with Crippen LogP contribution >= 0.6 is 11.3 Å². The Labute approximate surface area is 109 Å². The largest absolute Gasteiger partial charge is 0.319 e. The zero-order chi connectivity index (χ0) is 12.1. The van der Waals surface area contributed by atoms with Gasteiger partial charge in [-0.25, -0.2) is 0 Å². The molecule has 2 heterocycles. The molecule has 2 nitrogen and oxygen atoms in total. The summed E-state index contributed by atoms with van der Waals surface area (Å²) in [5.41, 5.74) is 1.53. The molecule has 1 aliphatic heterocycles. The van der Waals surface area contributed by atoms with Gasteiger partial charge in [-0.15, -0.1) is 0 Å². The number of nitrogens with one attached hydrogen (secondary N) is 1. The molecule has 0 aliphatic carbocycles. The Morgan fingerprint density at radius 1 is 1.47 bits per heavy atom. The molecule has 1 aromatic heterocycles. The first-order chi connectivity index (χ1) is 8.36. The van der Waals surface area contributed by atoms with Gasteiger partial charge in [-0.2, -0.15) is 11.3 Å². The maximum absolute atomic E-state index is 3.38. The van der Waals surface area contributed by atoms with Crippen LogP contribution in [-0.4, -0.2) is 31.6 Å². The molecule has 0 aromatic carbocycles. The van der Waals surface area contributed by atoms with Gasteiger partial charge in [0.15, 0.2) is 0 Å². The molecule has 0 radical (unpaired) electrons. The highest BCUT2D eigenvalue weighted by Crippen LogP contribution is 2.35. The number of rotatable bonds is 4. The monoisotopic (exact) mass is 252 g/mol. The van der Waals surface area contributed by atoms with Crippen molar-refractivity contribution in [3.63, 3.8) is 0 Å². The van der Waals surface area contributed by atoms with E-state index in [0.29, 0.717) is 6.04 Å². The Bertz CT molecular complexity index is 310. The third kappa shape index (κ3) is 3.09. The lowest BCUT2D eigenvalue weighted by Gasteiger charge is -2.34. The van der Waals surface area contributed by atoms with Crippen LogP contribution in [0.3, 0.4) is 0 Å². The summed E-state index contributed by atoms with van der Waals surface area (Å²) in [4.78, 5) is 2.66. The molecule has 1 N–H and O–H groups in total. The number of hydrogen-bond acceptors (Lipinski definition) is 3. The van der Waals surface area contributed by atoms with Gasteiger partial charge in [0, 0.05) is 6.04 Å². The minimum absolute atomic E-state index is 0.626. The van der Waals surface area contributed by atoms with Crippen molar-refractivity contribution in [2.45, 2.75) is 32.2 Å². The summed E-state index contributed by atoms with van der Waals surface area (Å²) in [6, 6.07) is 2.94. The molecule has 1 saturated heterocycles. The van der Waals surface area contributed by atoms with E-state index in [2.05, 4.69) is 41.0 Å². The van der Waals surface area contributed by atoms with Crippen molar-refractivity contribution in [3.8, 4) is 0 Å². The first-order valence-corrected chi connectivity index (χ1v) is 7.71. The Hall–Kier alpha value is -0.380. The van der Waals surface area contributed by atoms with Crippen LogP contribution in [0.5, 0.6) is 0 Å². The van der Waals surface area contributed by atoms with Crippen molar-refractivity contribution in [1.29, 1.82) is 0 Å². The first-order valence-electron chi connectivity index (χ1n) is 6.77. The van der Waals surface area contributed by atoms with E-state index in [1.165, 1.54) is 37.9 Å². The van der Waals surface area contributed by atoms with E-state index >= 15 is 0 Å². The van der Waals surface area contributed by atoms with E-state index in [4.69, 9.17) is 0 Å². The second-order valence-electron chi connectivity index (χ2n) is 4.94. The second-order valence-corrected chi connectivity index (χ2v) is 5.72. The molecule has 1 aliphatic rings. The van der Waals surface area contributed by atoms with E-state index < -0.39 is 0 Å². The average Bonchev–Trinajstić information content (AvgIpc) is 2.78. The smallest absolute Gasteiger partial charge is 0.0396 e. The average molecular weight is 252 g/mol. The highest BCUT2D eigenvalue weighted by molar-refractivity contribution is 7.07. The summed E-state index contributed by atoms with van der Waals surface area (Å²) >= 11 is 1.83. The lowest BCUT2D eigenvalue weighted by molar-refractivity contribution is 0.163. The molecule has 3 heteroatoms. The van der Waals surface area contributed by atoms with Crippen LogP contribution in [0.4, 0.5) is 0 Å². The summed E-state index contributed by atoms with van der Waals surface area (Å²) in [6.45, 7) is 5.86. The summed E-state index contributed by atoms with van der Waals surface area (Å²) in [7, 11) is 2.08. The fourth-order valence-electron chi connectivity index (χ4n) is 3.07. The summed E-state index contributed by atoms with van der Waals surface area (Å²) < 4.78 is 0. The topological polar surface area (TPSA) is 15.3 Å². The van der Waals surface area contributed by atoms with Gasteiger partial charge < -0.3 is 5.32 Å². The predicted molar refractivity (Wildman–Crippen MR) is 75.6 cm³/mol. The molecule has 0 spiro atoms. The summed E-state index contributed by atoms with van der Waals surface area (Å²) in [6.07, 6.45) is 4.09. The molecule has 2 unspecified atom stereocenters. The number of likely N-dealkylation sites (tertiary alicyclic amines) is 1. The van der Waals surface area contributed by atoms with Crippen LogP contribution in [0.1, 0.15) is 37.8 Å². The Morgan fingerprint density at radius 3 is 3.00 bits per heavy atom. The van der Waals surface area contributed by atoms with E-state index in [0.717, 1.165) is 12.5 Å². The molecular weight excluding hydrogens is 228 g/mol. The zero-order valence-electron chi connectivity index (χ0n) is 11.0. The maximum Gasteiger partial charge on any atom is 0.0396 e. The van der Waals surface area contributed by atoms with Gasteiger partial charge >= 0.3 is 0 Å². The third-order valence-corrected chi connectivity index (χ3v) is 4.57. The molecule has 1 fully saturated rings. The maximum atomic E-state index is 3.38. The minimum Gasteiger partial charge on any atom is -0.319 e. The third-order valence-electron chi connectivity index (χ3n) is 3.87. The SMILES string of the molecule is CCN1CCCCC(CNC)C1c1ccsc1. The van der Waals surface area contributed by atoms with Crippen LogP contribution < -0.4 is 5.32 Å². The fraction of sp³-hybridized carbons (Fsp3) is 0.714. The highest BCUT2D eigenvalue weighted by atomic mass is 32.1. The molecule has 0 amide bonds. The summed E-state index contributed by atoms with van der Waals surface area (Å²) in [5, 5.41) is 7.93. The quantitative estimate of drug-likeness (QED) is 0.885. The van der Waals surface area contributed by atoms with E-state index in [1.54, 1.807) is 0 Å². The Balaban J connectivity index is 2.22. The fourth-order valence-corrected chi connectivity index (χ4v) is 3.76. The number of nitrogens with zero attached hydrogens (tertiary/aromatic N) is 1. The lowest BCUT2D eigenvalue weighted by atomic mass is 9.90. The van der Waals surface area contributed by atoms with Gasteiger partial charge in [0.2, 0.25) is 0 Å². The van der Waals surface area contributed by atoms with Gasteiger partial charge in [0.1, 0.15) is 0 Å². The molecule has 2 rings (SSSR count). The van der Waals surface area contributed by atoms with Crippen LogP contribution in [0.2, 0.25) is 0 Å². The second kappa shape index (κ2) is 6.53. The van der Waals surface area contributed by atoms with Crippen LogP contribution in [-0.2, 0) is 0 Å². The molecule has 2 atom stereocenters. The molecule has 1 aromatic rings. The van der Waals surface area contributed by atoms with Crippen molar-refractivity contribution in [1.82, 2.24) is 10.2 Å². The van der Waals surface area contributed by atoms with E-state index in [-0.39, 0.29) is 0 Å². The first kappa shape index (κ1) is 13.1. The zero-order valence-corrected chi connectivity index (χ0v) is 11.8. The Morgan fingerprint density at radius 2 is 2.35 bits per heavy atom. The summed E-state index contributed by atoms with van der Waals surface area (Å²) in [5.74, 6) is 0.761. The van der Waals surface area contributed by atoms with Crippen molar-refractivity contribution in [3.05, 3.63) is 22.4 Å². The molecule has 0 saturated carbocycles. The Kier molecular flexibility index (Phi) is 5.01. The predicted octanol–water partition coefficient (Wildman–Crippen LogP) is 3.13. The van der Waals surface area contributed by atoms with Gasteiger partial charge in [-0.3, -0.25) is 4.90 Å². The van der Waals surface area contributed by atoms with Crippen LogP contribution in [0.25, 0.3) is 0 Å². The molecule has 17 heavy (non-hydrogen) atoms. The van der Waals surface area contributed by atoms with Crippen molar-refractivity contribution in [2.24, 2.45) is 5.92 Å². The molecule has 0 bridgehead atoms. The van der Waals surface area contributed by atoms with Crippen LogP contribution in [0.15, 0.2) is 16.8 Å². The van der Waals surface area contributed by atoms with Crippen molar-refractivity contribution in [2.75, 3.05) is 26.7 Å². The lowest BCUT2D eigenvalue weighted by Crippen LogP contribution is -2.36. The van der Waals surface area contributed by atoms with Crippen molar-refractivity contribution >= 4 is 11.3 Å². The highest BCUT2D eigenvalue weighted by Gasteiger charge is 2.29. The van der Waals surface area contributed by atoms with Gasteiger partial charge in [-0.1, -0.05) is 13.3 Å². The standard InChI is InChI=1S/C14H24N2S/c1-3-16-8-5-4-6-12(10-15-2)14(16)13-7-9-17-11-13/h7,9,11-12,14-15H,3-6,8,10H2,1-2H3. The molecular formula is C14H24N2S. The number of thiophene rings is 1. The van der Waals surface area contributed by atoms with Gasteiger partial charge in [-0.05, 0) is 67.8 Å². The normalized spacial score (nSPS) is 26.9. The molecule has 96 valence electrons. The van der Waals surface area contributed by atoms with Gasteiger partial charge in [0.25, 0.3) is 0 Å². The van der Waals surface area contributed by atoms with Crippen LogP contribution in [0, 0.1) is 5.92 Å².